The van der Waals surface area contributed by atoms with Crippen molar-refractivity contribution < 1.29 is 22.0 Å². The molecule has 1 amide bonds. The van der Waals surface area contributed by atoms with Crippen molar-refractivity contribution in [2.24, 2.45) is 0 Å². The summed E-state index contributed by atoms with van der Waals surface area (Å²) in [4.78, 5) is 14.5. The van der Waals surface area contributed by atoms with Crippen LogP contribution >= 0.6 is 11.3 Å². The fourth-order valence-corrected chi connectivity index (χ4v) is 3.03. The molecule has 2 rings (SSSR count). The van der Waals surface area contributed by atoms with E-state index in [1.807, 2.05) is 0 Å². The minimum Gasteiger partial charge on any atom is -0.266 e. The van der Waals surface area contributed by atoms with E-state index in [0.717, 1.165) is 17.4 Å². The van der Waals surface area contributed by atoms with Crippen LogP contribution in [0.25, 0.3) is 0 Å². The van der Waals surface area contributed by atoms with Gasteiger partial charge >= 0.3 is 0 Å². The highest BCUT2D eigenvalue weighted by Gasteiger charge is 2.24. The van der Waals surface area contributed by atoms with Crippen LogP contribution in [0.4, 0.5) is 8.78 Å². The molecule has 9 heteroatoms. The minimum atomic E-state index is -4.43. The SMILES string of the molecule is Cc1cc(S(=O)(=O)NC(=O)c2cscn2)c(F)cc1F. The quantitative estimate of drug-likeness (QED) is 0.937. The summed E-state index contributed by atoms with van der Waals surface area (Å²) in [6, 6.07) is 1.28. The highest BCUT2D eigenvalue weighted by Crippen LogP contribution is 2.19. The molecule has 0 saturated heterocycles. The Morgan fingerprint density at radius 3 is 2.60 bits per heavy atom. The van der Waals surface area contributed by atoms with Crippen LogP contribution in [0.2, 0.25) is 0 Å². The second kappa shape index (κ2) is 5.25. The Hall–Kier alpha value is -1.87. The van der Waals surface area contributed by atoms with Gasteiger partial charge in [-0.2, -0.15) is 0 Å². The van der Waals surface area contributed by atoms with Crippen molar-refractivity contribution in [3.8, 4) is 0 Å². The Kier molecular flexibility index (Phi) is 3.82. The fraction of sp³-hybridized carbons (Fsp3) is 0.0909. The summed E-state index contributed by atoms with van der Waals surface area (Å²) < 4.78 is 52.1. The number of aryl methyl sites for hydroxylation is 1. The van der Waals surface area contributed by atoms with Crippen LogP contribution in [0.3, 0.4) is 0 Å². The van der Waals surface area contributed by atoms with Crippen molar-refractivity contribution in [3.63, 3.8) is 0 Å². The maximum Gasteiger partial charge on any atom is 0.284 e. The fourth-order valence-electron chi connectivity index (χ4n) is 1.39. The topological polar surface area (TPSA) is 76.1 Å². The van der Waals surface area contributed by atoms with Crippen molar-refractivity contribution in [1.82, 2.24) is 9.71 Å². The number of nitrogens with zero attached hydrogens (tertiary/aromatic N) is 1. The van der Waals surface area contributed by atoms with Crippen molar-refractivity contribution in [2.45, 2.75) is 11.8 Å². The lowest BCUT2D eigenvalue weighted by molar-refractivity contribution is 0.0977. The van der Waals surface area contributed by atoms with E-state index in [0.29, 0.717) is 6.07 Å². The van der Waals surface area contributed by atoms with Crippen LogP contribution < -0.4 is 4.72 Å². The summed E-state index contributed by atoms with van der Waals surface area (Å²) in [5.41, 5.74) is 1.20. The molecular formula is C11H8F2N2O3S2. The number of hydrogen-bond donors (Lipinski definition) is 1. The zero-order chi connectivity index (χ0) is 14.9. The standard InChI is InChI=1S/C11H8F2N2O3S2/c1-6-2-10(8(13)3-7(6)12)20(17,18)15-11(16)9-4-19-5-14-9/h2-5H,1H3,(H,15,16). The predicted molar refractivity (Wildman–Crippen MR) is 67.9 cm³/mol. The molecule has 1 N–H and O–H groups in total. The van der Waals surface area contributed by atoms with E-state index >= 15 is 0 Å². The predicted octanol–water partition coefficient (Wildman–Crippen LogP) is 1.85. The van der Waals surface area contributed by atoms with Crippen LogP contribution in [-0.2, 0) is 10.0 Å². The molecule has 0 unspecified atom stereocenters. The van der Waals surface area contributed by atoms with Crippen molar-refractivity contribution >= 4 is 27.3 Å². The number of carbonyl (C=O) groups is 1. The molecular weight excluding hydrogens is 310 g/mol. The molecule has 0 aliphatic rings. The van der Waals surface area contributed by atoms with E-state index < -0.39 is 32.5 Å². The van der Waals surface area contributed by atoms with Crippen molar-refractivity contribution in [3.05, 3.63) is 45.9 Å². The van der Waals surface area contributed by atoms with Crippen LogP contribution in [-0.4, -0.2) is 19.3 Å². The molecule has 0 spiro atoms. The first-order chi connectivity index (χ1) is 9.31. The molecule has 0 radical (unpaired) electrons. The zero-order valence-electron chi connectivity index (χ0n) is 10.1. The molecule has 1 aromatic heterocycles. The number of halogens is 2. The van der Waals surface area contributed by atoms with Crippen LogP contribution in [0, 0.1) is 18.6 Å². The number of sulfonamides is 1. The second-order valence-electron chi connectivity index (χ2n) is 3.84. The lowest BCUT2D eigenvalue weighted by atomic mass is 10.2. The number of amides is 1. The minimum absolute atomic E-state index is 0.0483. The highest BCUT2D eigenvalue weighted by atomic mass is 32.2. The molecule has 0 bridgehead atoms. The van der Waals surface area contributed by atoms with E-state index in [2.05, 4.69) is 4.98 Å². The van der Waals surface area contributed by atoms with Gasteiger partial charge in [-0.1, -0.05) is 0 Å². The Bertz CT molecular complexity index is 758. The molecule has 2 aromatic rings. The van der Waals surface area contributed by atoms with Gasteiger partial charge in [0.2, 0.25) is 0 Å². The number of benzene rings is 1. The average Bonchev–Trinajstić information content (AvgIpc) is 2.86. The van der Waals surface area contributed by atoms with Crippen molar-refractivity contribution in [1.29, 1.82) is 0 Å². The number of rotatable bonds is 3. The van der Waals surface area contributed by atoms with E-state index in [4.69, 9.17) is 0 Å². The first-order valence-corrected chi connectivity index (χ1v) is 7.65. The van der Waals surface area contributed by atoms with Gasteiger partial charge in [0.1, 0.15) is 22.2 Å². The molecule has 1 aromatic carbocycles. The summed E-state index contributed by atoms with van der Waals surface area (Å²) in [7, 11) is -4.43. The van der Waals surface area contributed by atoms with Gasteiger partial charge in [-0.25, -0.2) is 26.9 Å². The van der Waals surface area contributed by atoms with Crippen LogP contribution in [0.15, 0.2) is 27.9 Å². The molecule has 0 aliphatic carbocycles. The van der Waals surface area contributed by atoms with Crippen LogP contribution in [0.1, 0.15) is 16.1 Å². The number of aromatic nitrogens is 1. The molecule has 5 nitrogen and oxygen atoms in total. The maximum absolute atomic E-state index is 13.5. The van der Waals surface area contributed by atoms with Gasteiger partial charge in [0.25, 0.3) is 15.9 Å². The Labute approximate surface area is 117 Å². The van der Waals surface area contributed by atoms with E-state index in [1.165, 1.54) is 17.8 Å². The molecule has 0 aliphatic heterocycles. The third-order valence-electron chi connectivity index (χ3n) is 2.39. The third-order valence-corrected chi connectivity index (χ3v) is 4.33. The van der Waals surface area contributed by atoms with Gasteiger partial charge in [-0.15, -0.1) is 11.3 Å². The van der Waals surface area contributed by atoms with Gasteiger partial charge < -0.3 is 0 Å². The van der Waals surface area contributed by atoms with Gasteiger partial charge in [-0.05, 0) is 18.6 Å². The zero-order valence-corrected chi connectivity index (χ0v) is 11.7. The Morgan fingerprint density at radius 1 is 1.30 bits per heavy atom. The molecule has 0 fully saturated rings. The van der Waals surface area contributed by atoms with Crippen molar-refractivity contribution in [2.75, 3.05) is 0 Å². The van der Waals surface area contributed by atoms with E-state index in [9.17, 15) is 22.0 Å². The number of carbonyl (C=O) groups excluding carboxylic acids is 1. The summed E-state index contributed by atoms with van der Waals surface area (Å²) in [6.07, 6.45) is 0. The Balaban J connectivity index is 2.36. The van der Waals surface area contributed by atoms with Gasteiger partial charge in [0.05, 0.1) is 5.51 Å². The Morgan fingerprint density at radius 2 is 2.00 bits per heavy atom. The normalized spacial score (nSPS) is 11.3. The number of thiazole rings is 1. The molecule has 1 heterocycles. The highest BCUT2D eigenvalue weighted by molar-refractivity contribution is 7.90. The summed E-state index contributed by atoms with van der Waals surface area (Å²) in [5.74, 6) is -3.12. The van der Waals surface area contributed by atoms with E-state index in [-0.39, 0.29) is 11.3 Å². The first-order valence-electron chi connectivity index (χ1n) is 5.22. The van der Waals surface area contributed by atoms with Gasteiger partial charge in [-0.3, -0.25) is 4.79 Å². The summed E-state index contributed by atoms with van der Waals surface area (Å²) >= 11 is 1.11. The second-order valence-corrected chi connectivity index (χ2v) is 6.21. The summed E-state index contributed by atoms with van der Waals surface area (Å²) in [6.45, 7) is 1.29. The molecule has 0 saturated carbocycles. The number of nitrogens with one attached hydrogen (secondary N) is 1. The van der Waals surface area contributed by atoms with E-state index in [1.54, 1.807) is 4.72 Å². The maximum atomic E-state index is 13.5. The van der Waals surface area contributed by atoms with Gasteiger partial charge in [0.15, 0.2) is 0 Å². The molecule has 20 heavy (non-hydrogen) atoms. The molecule has 0 atom stereocenters. The lowest BCUT2D eigenvalue weighted by Gasteiger charge is -2.08. The summed E-state index contributed by atoms with van der Waals surface area (Å²) in [5, 5.41) is 1.34. The monoisotopic (exact) mass is 318 g/mol. The number of hydrogen-bond acceptors (Lipinski definition) is 5. The third kappa shape index (κ3) is 2.83. The van der Waals surface area contributed by atoms with Gasteiger partial charge in [0, 0.05) is 11.4 Å². The average molecular weight is 318 g/mol. The smallest absolute Gasteiger partial charge is 0.266 e. The van der Waals surface area contributed by atoms with Crippen LogP contribution in [0.5, 0.6) is 0 Å². The molecule has 106 valence electrons. The largest absolute Gasteiger partial charge is 0.284 e. The first kappa shape index (κ1) is 14.5. The lowest BCUT2D eigenvalue weighted by Crippen LogP contribution is -2.31.